The minimum atomic E-state index is -2.62. The van der Waals surface area contributed by atoms with Crippen LogP contribution in [0.15, 0.2) is 23.1 Å². The summed E-state index contributed by atoms with van der Waals surface area (Å²) in [6.45, 7) is -0.123. The zero-order chi connectivity index (χ0) is 11.8. The van der Waals surface area contributed by atoms with Crippen LogP contribution in [-0.2, 0) is 0 Å². The van der Waals surface area contributed by atoms with Crippen molar-refractivity contribution < 1.29 is 17.9 Å². The maximum atomic E-state index is 13.2. The molecule has 1 saturated carbocycles. The average Bonchev–Trinajstić information content (AvgIpc) is 2.85. The average molecular weight is 248 g/mol. The first-order chi connectivity index (χ1) is 7.53. The minimum absolute atomic E-state index is 0.0505. The van der Waals surface area contributed by atoms with E-state index in [1.807, 2.05) is 6.26 Å². The van der Waals surface area contributed by atoms with Gasteiger partial charge in [0.1, 0.15) is 0 Å². The normalized spacial score (nSPS) is 21.9. The molecule has 0 saturated heterocycles. The fourth-order valence-electron chi connectivity index (χ4n) is 1.36. The Labute approximate surface area is 96.0 Å². The highest BCUT2D eigenvalue weighted by molar-refractivity contribution is 7.98. The zero-order valence-electron chi connectivity index (χ0n) is 8.67. The molecule has 0 radical (unpaired) electrons. The highest BCUT2D eigenvalue weighted by Crippen LogP contribution is 2.48. The Balaban J connectivity index is 1.98. The molecule has 0 N–H and O–H groups in total. The Morgan fingerprint density at radius 3 is 2.75 bits per heavy atom. The summed E-state index contributed by atoms with van der Waals surface area (Å²) < 4.78 is 43.5. The molecule has 1 unspecified atom stereocenters. The standard InChI is InChI=1S/C11H11F3OS/c1-16-8-2-3-9(12)10(4-8)15-6-7-5-11(7,13)14/h2-4,7H,5-6H2,1H3. The van der Waals surface area contributed by atoms with Crippen molar-refractivity contribution in [3.8, 4) is 5.75 Å². The molecule has 16 heavy (non-hydrogen) atoms. The molecule has 0 aromatic heterocycles. The van der Waals surface area contributed by atoms with E-state index >= 15 is 0 Å². The molecule has 5 heteroatoms. The van der Waals surface area contributed by atoms with Crippen molar-refractivity contribution in [2.75, 3.05) is 12.9 Å². The number of hydrogen-bond donors (Lipinski definition) is 0. The molecule has 2 rings (SSSR count). The molecular formula is C11H11F3OS. The molecule has 0 bridgehead atoms. The van der Waals surface area contributed by atoms with Crippen molar-refractivity contribution in [3.63, 3.8) is 0 Å². The quantitative estimate of drug-likeness (QED) is 0.753. The van der Waals surface area contributed by atoms with Gasteiger partial charge in [-0.15, -0.1) is 11.8 Å². The molecule has 0 heterocycles. The highest BCUT2D eigenvalue weighted by atomic mass is 32.2. The summed E-state index contributed by atoms with van der Waals surface area (Å²) in [5.74, 6) is -3.84. The SMILES string of the molecule is CSc1ccc(F)c(OCC2CC2(F)F)c1. The van der Waals surface area contributed by atoms with Gasteiger partial charge in [-0.3, -0.25) is 0 Å². The zero-order valence-corrected chi connectivity index (χ0v) is 9.49. The van der Waals surface area contributed by atoms with Gasteiger partial charge < -0.3 is 4.74 Å². The van der Waals surface area contributed by atoms with E-state index in [1.54, 1.807) is 6.07 Å². The second kappa shape index (κ2) is 4.20. The lowest BCUT2D eigenvalue weighted by molar-refractivity contribution is 0.0849. The van der Waals surface area contributed by atoms with Crippen LogP contribution in [0.2, 0.25) is 0 Å². The molecule has 1 nitrogen and oxygen atoms in total. The molecule has 1 aromatic carbocycles. The maximum absolute atomic E-state index is 13.2. The topological polar surface area (TPSA) is 9.23 Å². The van der Waals surface area contributed by atoms with E-state index < -0.39 is 17.7 Å². The van der Waals surface area contributed by atoms with Gasteiger partial charge in [0.25, 0.3) is 5.92 Å². The molecule has 88 valence electrons. The van der Waals surface area contributed by atoms with E-state index in [-0.39, 0.29) is 18.8 Å². The van der Waals surface area contributed by atoms with Crippen molar-refractivity contribution in [2.24, 2.45) is 5.92 Å². The second-order valence-corrected chi connectivity index (χ2v) is 4.65. The minimum Gasteiger partial charge on any atom is -0.490 e. The molecule has 1 aliphatic rings. The van der Waals surface area contributed by atoms with Gasteiger partial charge in [0.2, 0.25) is 0 Å². The summed E-state index contributed by atoms with van der Waals surface area (Å²) in [4.78, 5) is 0.846. The van der Waals surface area contributed by atoms with Crippen molar-refractivity contribution in [2.45, 2.75) is 17.2 Å². The van der Waals surface area contributed by atoms with Crippen LogP contribution in [0.25, 0.3) is 0 Å². The predicted molar refractivity (Wildman–Crippen MR) is 56.7 cm³/mol. The van der Waals surface area contributed by atoms with Gasteiger partial charge in [-0.1, -0.05) is 0 Å². The third kappa shape index (κ3) is 2.45. The van der Waals surface area contributed by atoms with Crippen molar-refractivity contribution >= 4 is 11.8 Å². The first-order valence-electron chi connectivity index (χ1n) is 4.87. The Kier molecular flexibility index (Phi) is 3.06. The Hall–Kier alpha value is -0.840. The molecule has 0 amide bonds. The summed E-state index contributed by atoms with van der Waals surface area (Å²) in [5, 5.41) is 0. The van der Waals surface area contributed by atoms with Crippen molar-refractivity contribution in [1.82, 2.24) is 0 Å². The van der Waals surface area contributed by atoms with Gasteiger partial charge in [0, 0.05) is 11.3 Å². The molecule has 0 spiro atoms. The highest BCUT2D eigenvalue weighted by Gasteiger charge is 2.57. The number of hydrogen-bond acceptors (Lipinski definition) is 2. The molecule has 0 aliphatic heterocycles. The van der Waals surface area contributed by atoms with Crippen molar-refractivity contribution in [1.29, 1.82) is 0 Å². The number of benzene rings is 1. The fraction of sp³-hybridized carbons (Fsp3) is 0.455. The van der Waals surface area contributed by atoms with E-state index in [9.17, 15) is 13.2 Å². The third-order valence-corrected chi connectivity index (χ3v) is 3.26. The van der Waals surface area contributed by atoms with Crippen LogP contribution in [0.3, 0.4) is 0 Å². The van der Waals surface area contributed by atoms with Crippen LogP contribution >= 0.6 is 11.8 Å². The van der Waals surface area contributed by atoms with E-state index in [4.69, 9.17) is 4.74 Å². The van der Waals surface area contributed by atoms with E-state index in [1.165, 1.54) is 23.9 Å². The van der Waals surface area contributed by atoms with Gasteiger partial charge in [-0.25, -0.2) is 13.2 Å². The lowest BCUT2D eigenvalue weighted by atomic mass is 10.3. The summed E-state index contributed by atoms with van der Waals surface area (Å²) in [5.41, 5.74) is 0. The Morgan fingerprint density at radius 1 is 1.50 bits per heavy atom. The first kappa shape index (κ1) is 11.6. The summed E-state index contributed by atoms with van der Waals surface area (Å²) in [6, 6.07) is 4.44. The summed E-state index contributed by atoms with van der Waals surface area (Å²) >= 11 is 1.45. The van der Waals surface area contributed by atoms with Crippen LogP contribution in [-0.4, -0.2) is 18.8 Å². The molecule has 1 fully saturated rings. The monoisotopic (exact) mass is 248 g/mol. The van der Waals surface area contributed by atoms with Gasteiger partial charge in [-0.2, -0.15) is 0 Å². The number of rotatable bonds is 4. The number of ether oxygens (including phenoxy) is 1. The molecule has 1 atom stereocenters. The Morgan fingerprint density at radius 2 is 2.19 bits per heavy atom. The number of alkyl halides is 2. The van der Waals surface area contributed by atoms with Gasteiger partial charge >= 0.3 is 0 Å². The smallest absolute Gasteiger partial charge is 0.255 e. The molecular weight excluding hydrogens is 237 g/mol. The van der Waals surface area contributed by atoms with Crippen LogP contribution in [0, 0.1) is 11.7 Å². The van der Waals surface area contributed by atoms with Crippen LogP contribution < -0.4 is 4.74 Å². The van der Waals surface area contributed by atoms with Crippen molar-refractivity contribution in [3.05, 3.63) is 24.0 Å². The van der Waals surface area contributed by atoms with Crippen LogP contribution in [0.1, 0.15) is 6.42 Å². The largest absolute Gasteiger partial charge is 0.490 e. The van der Waals surface area contributed by atoms with Crippen LogP contribution in [0.4, 0.5) is 13.2 Å². The first-order valence-corrected chi connectivity index (χ1v) is 6.09. The Bertz CT molecular complexity index is 395. The van der Waals surface area contributed by atoms with E-state index in [0.717, 1.165) is 4.90 Å². The van der Waals surface area contributed by atoms with E-state index in [2.05, 4.69) is 0 Å². The third-order valence-electron chi connectivity index (χ3n) is 2.53. The van der Waals surface area contributed by atoms with Gasteiger partial charge in [0.05, 0.1) is 12.5 Å². The number of thioether (sulfide) groups is 1. The lowest BCUT2D eigenvalue weighted by Gasteiger charge is -2.07. The molecule has 1 aliphatic carbocycles. The van der Waals surface area contributed by atoms with Gasteiger partial charge in [0.15, 0.2) is 11.6 Å². The summed E-state index contributed by atoms with van der Waals surface area (Å²) in [7, 11) is 0. The van der Waals surface area contributed by atoms with E-state index in [0.29, 0.717) is 0 Å². The second-order valence-electron chi connectivity index (χ2n) is 3.77. The lowest BCUT2D eigenvalue weighted by Crippen LogP contribution is -2.06. The van der Waals surface area contributed by atoms with Gasteiger partial charge in [-0.05, 0) is 24.5 Å². The maximum Gasteiger partial charge on any atom is 0.255 e. The summed E-state index contributed by atoms with van der Waals surface area (Å²) in [6.07, 6.45) is 1.70. The fourth-order valence-corrected chi connectivity index (χ4v) is 1.79. The van der Waals surface area contributed by atoms with Crippen LogP contribution in [0.5, 0.6) is 5.75 Å². The molecule has 1 aromatic rings. The number of halogens is 3. The predicted octanol–water partition coefficient (Wildman–Crippen LogP) is 3.58.